The van der Waals surface area contributed by atoms with Gasteiger partial charge in [0.15, 0.2) is 0 Å². The minimum absolute atomic E-state index is 0.383. The van der Waals surface area contributed by atoms with Gasteiger partial charge >= 0.3 is 0 Å². The van der Waals surface area contributed by atoms with E-state index in [1.165, 1.54) is 48.9 Å². The van der Waals surface area contributed by atoms with Crippen molar-refractivity contribution in [2.24, 2.45) is 5.92 Å². The first kappa shape index (κ1) is 21.4. The summed E-state index contributed by atoms with van der Waals surface area (Å²) in [5.74, 6) is 1.13. The number of hydrogen-bond acceptors (Lipinski definition) is 2. The van der Waals surface area contributed by atoms with Gasteiger partial charge in [-0.15, -0.1) is 0 Å². The molecule has 3 heterocycles. The van der Waals surface area contributed by atoms with E-state index in [0.717, 1.165) is 12.5 Å². The Morgan fingerprint density at radius 3 is 2.03 bits per heavy atom. The summed E-state index contributed by atoms with van der Waals surface area (Å²) in [5, 5.41) is 4.06. The molecule has 3 unspecified atom stereocenters. The van der Waals surface area contributed by atoms with Crippen LogP contribution < -0.4 is 5.32 Å². The molecule has 2 heteroatoms. The molecule has 0 aliphatic carbocycles. The van der Waals surface area contributed by atoms with Crippen molar-refractivity contribution >= 4 is 0 Å². The molecule has 2 bridgehead atoms. The summed E-state index contributed by atoms with van der Waals surface area (Å²) in [5.41, 5.74) is 4.26. The first-order chi connectivity index (χ1) is 15.8. The van der Waals surface area contributed by atoms with Gasteiger partial charge in [0.25, 0.3) is 0 Å². The molecule has 0 amide bonds. The van der Waals surface area contributed by atoms with E-state index in [-0.39, 0.29) is 0 Å². The van der Waals surface area contributed by atoms with Crippen molar-refractivity contribution in [3.05, 3.63) is 108 Å². The molecule has 3 aromatic rings. The van der Waals surface area contributed by atoms with Gasteiger partial charge in [0.05, 0.1) is 0 Å². The maximum Gasteiger partial charge on any atom is 0.0364 e. The van der Waals surface area contributed by atoms with Crippen molar-refractivity contribution in [2.45, 2.75) is 63.2 Å². The van der Waals surface area contributed by atoms with Crippen molar-refractivity contribution in [1.29, 1.82) is 0 Å². The minimum Gasteiger partial charge on any atom is -0.308 e. The van der Waals surface area contributed by atoms with Crippen LogP contribution in [0.15, 0.2) is 91.0 Å². The van der Waals surface area contributed by atoms with Crippen molar-refractivity contribution in [2.75, 3.05) is 6.54 Å². The molecule has 0 spiro atoms. The van der Waals surface area contributed by atoms with Crippen LogP contribution >= 0.6 is 0 Å². The van der Waals surface area contributed by atoms with Crippen molar-refractivity contribution in [3.63, 3.8) is 0 Å². The summed E-state index contributed by atoms with van der Waals surface area (Å²) in [6, 6.07) is 35.1. The van der Waals surface area contributed by atoms with E-state index in [4.69, 9.17) is 0 Å². The first-order valence-electron chi connectivity index (χ1n) is 12.5. The molecule has 6 rings (SSSR count). The zero-order chi connectivity index (χ0) is 21.8. The molecule has 3 saturated heterocycles. The molecule has 3 aliphatic heterocycles. The predicted octanol–water partition coefficient (Wildman–Crippen LogP) is 6.24. The fourth-order valence-electron chi connectivity index (χ4n) is 6.35. The van der Waals surface area contributed by atoms with Crippen LogP contribution in [0, 0.1) is 5.92 Å². The first-order valence-corrected chi connectivity index (χ1v) is 12.5. The Labute approximate surface area is 193 Å². The van der Waals surface area contributed by atoms with Crippen LogP contribution in [0.25, 0.3) is 0 Å². The summed E-state index contributed by atoms with van der Waals surface area (Å²) in [7, 11) is 0. The number of rotatable bonds is 8. The lowest BCUT2D eigenvalue weighted by Gasteiger charge is -2.58. The van der Waals surface area contributed by atoms with Crippen molar-refractivity contribution in [1.82, 2.24) is 10.2 Å². The third-order valence-electron chi connectivity index (χ3n) is 7.73. The van der Waals surface area contributed by atoms with E-state index in [2.05, 4.69) is 108 Å². The predicted molar refractivity (Wildman–Crippen MR) is 134 cm³/mol. The van der Waals surface area contributed by atoms with E-state index in [0.29, 0.717) is 24.0 Å². The third-order valence-corrected chi connectivity index (χ3v) is 7.73. The molecule has 5 atom stereocenters. The van der Waals surface area contributed by atoms with Gasteiger partial charge in [0.2, 0.25) is 0 Å². The van der Waals surface area contributed by atoms with E-state index in [1.54, 1.807) is 0 Å². The van der Waals surface area contributed by atoms with E-state index < -0.39 is 0 Å². The molecule has 32 heavy (non-hydrogen) atoms. The number of benzene rings is 3. The molecular formula is C30H36N2. The Kier molecular flexibility index (Phi) is 6.71. The molecule has 166 valence electrons. The van der Waals surface area contributed by atoms with Crippen molar-refractivity contribution in [3.8, 4) is 0 Å². The summed E-state index contributed by atoms with van der Waals surface area (Å²) in [4.78, 5) is 2.89. The third kappa shape index (κ3) is 4.40. The molecule has 0 saturated carbocycles. The van der Waals surface area contributed by atoms with Crippen LogP contribution in [-0.4, -0.2) is 29.6 Å². The van der Waals surface area contributed by atoms with Crippen molar-refractivity contribution < 1.29 is 0 Å². The van der Waals surface area contributed by atoms with Gasteiger partial charge in [-0.1, -0.05) is 104 Å². The highest BCUT2D eigenvalue weighted by atomic mass is 15.3. The SMILES string of the molecule is CCCC1CC2CCN1[C@H](C(c1ccccc1)c1ccccc1)[C@@H]2NCc1ccccc1. The minimum atomic E-state index is 0.383. The number of hydrogen-bond donors (Lipinski definition) is 1. The van der Waals surface area contributed by atoms with Crippen LogP contribution in [0.2, 0.25) is 0 Å². The van der Waals surface area contributed by atoms with E-state index in [9.17, 15) is 0 Å². The van der Waals surface area contributed by atoms with Crippen LogP contribution in [0.1, 0.15) is 55.2 Å². The lowest BCUT2D eigenvalue weighted by Crippen LogP contribution is -2.67. The quantitative estimate of drug-likeness (QED) is 0.460. The fourth-order valence-corrected chi connectivity index (χ4v) is 6.35. The summed E-state index contributed by atoms with van der Waals surface area (Å²) in [6.07, 6.45) is 5.24. The largest absolute Gasteiger partial charge is 0.308 e. The molecule has 3 aromatic carbocycles. The maximum atomic E-state index is 4.06. The van der Waals surface area contributed by atoms with Gasteiger partial charge in [0, 0.05) is 30.6 Å². The summed E-state index contributed by atoms with van der Waals surface area (Å²) in [6.45, 7) is 4.52. The normalized spacial score (nSPS) is 27.0. The number of nitrogens with zero attached hydrogens (tertiary/aromatic N) is 1. The van der Waals surface area contributed by atoms with Crippen LogP contribution in [0.3, 0.4) is 0 Å². The summed E-state index contributed by atoms with van der Waals surface area (Å²) < 4.78 is 0. The van der Waals surface area contributed by atoms with Crippen LogP contribution in [-0.2, 0) is 6.54 Å². The Hall–Kier alpha value is -2.42. The standard InChI is InChI=1S/C30H36N2/c1-2-12-27-21-26-19-20-32(27)30(29(26)31-22-23-13-6-3-7-14-23)28(24-15-8-4-9-16-24)25-17-10-5-11-18-25/h3-11,13-18,26-31H,2,12,19-22H2,1H3/t26?,27?,29-,30-/m1/s1. The van der Waals surface area contributed by atoms with E-state index >= 15 is 0 Å². The Balaban J connectivity index is 1.53. The van der Waals surface area contributed by atoms with E-state index in [1.807, 2.05) is 0 Å². The molecule has 0 radical (unpaired) electrons. The summed E-state index contributed by atoms with van der Waals surface area (Å²) >= 11 is 0. The second-order valence-corrected chi connectivity index (χ2v) is 9.65. The molecule has 1 N–H and O–H groups in total. The average Bonchev–Trinajstić information content (AvgIpc) is 2.86. The number of nitrogens with one attached hydrogen (secondary N) is 1. The number of piperidine rings is 3. The Bertz CT molecular complexity index is 916. The zero-order valence-electron chi connectivity index (χ0n) is 19.2. The van der Waals surface area contributed by atoms with Gasteiger partial charge in [-0.3, -0.25) is 4.90 Å². The topological polar surface area (TPSA) is 15.3 Å². The fraction of sp³-hybridized carbons (Fsp3) is 0.400. The molecule has 3 fully saturated rings. The molecule has 3 aliphatic rings. The van der Waals surface area contributed by atoms with Gasteiger partial charge < -0.3 is 5.32 Å². The maximum absolute atomic E-state index is 4.06. The Morgan fingerprint density at radius 2 is 1.44 bits per heavy atom. The van der Waals surface area contributed by atoms with Gasteiger partial charge in [-0.2, -0.15) is 0 Å². The number of fused-ring (bicyclic) bond motifs is 3. The monoisotopic (exact) mass is 424 g/mol. The second kappa shape index (κ2) is 10.0. The second-order valence-electron chi connectivity index (χ2n) is 9.65. The van der Waals surface area contributed by atoms with Gasteiger partial charge in [-0.25, -0.2) is 0 Å². The average molecular weight is 425 g/mol. The zero-order valence-corrected chi connectivity index (χ0v) is 19.2. The molecule has 0 aromatic heterocycles. The smallest absolute Gasteiger partial charge is 0.0364 e. The van der Waals surface area contributed by atoms with Gasteiger partial charge in [-0.05, 0) is 48.4 Å². The Morgan fingerprint density at radius 1 is 0.844 bits per heavy atom. The molecule has 2 nitrogen and oxygen atoms in total. The highest BCUT2D eigenvalue weighted by Gasteiger charge is 2.49. The highest BCUT2D eigenvalue weighted by Crippen LogP contribution is 2.45. The van der Waals surface area contributed by atoms with Gasteiger partial charge in [0.1, 0.15) is 0 Å². The lowest BCUT2D eigenvalue weighted by molar-refractivity contribution is -0.0421. The highest BCUT2D eigenvalue weighted by molar-refractivity contribution is 5.36. The molecular weight excluding hydrogens is 388 g/mol. The van der Waals surface area contributed by atoms with Crippen LogP contribution in [0.4, 0.5) is 0 Å². The lowest BCUT2D eigenvalue weighted by atomic mass is 9.68. The van der Waals surface area contributed by atoms with Crippen LogP contribution in [0.5, 0.6) is 0 Å².